The zero-order valence-corrected chi connectivity index (χ0v) is 11.9. The summed E-state index contributed by atoms with van der Waals surface area (Å²) in [5, 5.41) is 11.3. The standard InChI is InChI=1S/C13H10F3N5S/c14-13(15,16)8-3-1-5-17-11(8)18-7-10-19-12(21-20-10)9-4-2-6-22-9/h1-6H,7H2,(H,17,18)(H,19,20,21). The molecule has 0 saturated carbocycles. The lowest BCUT2D eigenvalue weighted by Gasteiger charge is -2.12. The summed E-state index contributed by atoms with van der Waals surface area (Å²) >= 11 is 1.48. The monoisotopic (exact) mass is 325 g/mol. The Morgan fingerprint density at radius 2 is 2.09 bits per heavy atom. The number of nitrogens with one attached hydrogen (secondary N) is 2. The molecule has 0 aromatic carbocycles. The van der Waals surface area contributed by atoms with E-state index in [4.69, 9.17) is 0 Å². The molecule has 0 unspecified atom stereocenters. The molecule has 0 bridgehead atoms. The average molecular weight is 325 g/mol. The van der Waals surface area contributed by atoms with Gasteiger partial charge in [0.2, 0.25) is 0 Å². The molecular weight excluding hydrogens is 315 g/mol. The summed E-state index contributed by atoms with van der Waals surface area (Å²) in [4.78, 5) is 8.84. The lowest BCUT2D eigenvalue weighted by atomic mass is 10.2. The highest BCUT2D eigenvalue weighted by Gasteiger charge is 2.34. The Bertz CT molecular complexity index is 751. The van der Waals surface area contributed by atoms with Gasteiger partial charge in [-0.2, -0.15) is 18.3 Å². The number of alkyl halides is 3. The maximum atomic E-state index is 12.8. The van der Waals surface area contributed by atoms with E-state index in [0.717, 1.165) is 10.9 Å². The molecule has 5 nitrogen and oxygen atoms in total. The molecule has 0 aliphatic heterocycles. The maximum absolute atomic E-state index is 12.8. The number of rotatable bonds is 4. The third-order valence-electron chi connectivity index (χ3n) is 2.81. The van der Waals surface area contributed by atoms with Gasteiger partial charge in [0.1, 0.15) is 11.6 Å². The molecule has 9 heteroatoms. The van der Waals surface area contributed by atoms with E-state index in [-0.39, 0.29) is 12.4 Å². The molecule has 3 rings (SSSR count). The molecule has 0 aliphatic carbocycles. The first-order valence-electron chi connectivity index (χ1n) is 6.25. The Labute approximate surface area is 127 Å². The van der Waals surface area contributed by atoms with Crippen LogP contribution in [0.3, 0.4) is 0 Å². The van der Waals surface area contributed by atoms with Gasteiger partial charge >= 0.3 is 6.18 Å². The summed E-state index contributed by atoms with van der Waals surface area (Å²) in [5.74, 6) is 0.718. The van der Waals surface area contributed by atoms with Crippen LogP contribution in [0.1, 0.15) is 11.4 Å². The lowest BCUT2D eigenvalue weighted by Crippen LogP contribution is -2.12. The van der Waals surface area contributed by atoms with E-state index in [0.29, 0.717) is 11.6 Å². The van der Waals surface area contributed by atoms with Crippen molar-refractivity contribution < 1.29 is 13.2 Å². The lowest BCUT2D eigenvalue weighted by molar-refractivity contribution is -0.137. The van der Waals surface area contributed by atoms with E-state index in [1.54, 1.807) is 0 Å². The number of halogens is 3. The molecule has 0 aliphatic rings. The molecule has 0 saturated heterocycles. The van der Waals surface area contributed by atoms with Crippen LogP contribution in [0, 0.1) is 0 Å². The Morgan fingerprint density at radius 3 is 2.82 bits per heavy atom. The third kappa shape index (κ3) is 3.08. The van der Waals surface area contributed by atoms with Gasteiger partial charge in [-0.25, -0.2) is 9.97 Å². The summed E-state index contributed by atoms with van der Waals surface area (Å²) < 4.78 is 38.5. The first kappa shape index (κ1) is 14.5. The highest BCUT2D eigenvalue weighted by atomic mass is 32.1. The zero-order chi connectivity index (χ0) is 15.6. The van der Waals surface area contributed by atoms with E-state index in [2.05, 4.69) is 25.5 Å². The topological polar surface area (TPSA) is 66.5 Å². The van der Waals surface area contributed by atoms with Crippen LogP contribution < -0.4 is 5.32 Å². The summed E-state index contributed by atoms with van der Waals surface area (Å²) in [7, 11) is 0. The van der Waals surface area contributed by atoms with Gasteiger partial charge in [0.05, 0.1) is 17.0 Å². The number of anilines is 1. The Hall–Kier alpha value is -2.42. The van der Waals surface area contributed by atoms with Crippen molar-refractivity contribution >= 4 is 17.2 Å². The smallest absolute Gasteiger partial charge is 0.362 e. The van der Waals surface area contributed by atoms with E-state index in [1.165, 1.54) is 23.6 Å². The van der Waals surface area contributed by atoms with Crippen molar-refractivity contribution in [3.8, 4) is 10.7 Å². The number of aromatic amines is 1. The molecule has 2 N–H and O–H groups in total. The van der Waals surface area contributed by atoms with Crippen LogP contribution in [0.25, 0.3) is 10.7 Å². The third-order valence-corrected chi connectivity index (χ3v) is 3.68. The molecule has 0 fully saturated rings. The Morgan fingerprint density at radius 1 is 1.23 bits per heavy atom. The predicted molar refractivity (Wildman–Crippen MR) is 76.3 cm³/mol. The zero-order valence-electron chi connectivity index (χ0n) is 11.1. The first-order valence-corrected chi connectivity index (χ1v) is 7.13. The van der Waals surface area contributed by atoms with Crippen molar-refractivity contribution in [2.24, 2.45) is 0 Å². The number of pyridine rings is 1. The van der Waals surface area contributed by atoms with Crippen LogP contribution in [-0.2, 0) is 12.7 Å². The Kier molecular flexibility index (Phi) is 3.80. The molecule has 0 spiro atoms. The van der Waals surface area contributed by atoms with Gasteiger partial charge < -0.3 is 5.32 Å². The first-order chi connectivity index (χ1) is 10.5. The second kappa shape index (κ2) is 5.76. The minimum Gasteiger partial charge on any atom is -0.362 e. The minimum atomic E-state index is -4.46. The molecule has 0 radical (unpaired) electrons. The molecule has 3 aromatic heterocycles. The average Bonchev–Trinajstić information content (AvgIpc) is 3.15. The normalized spacial score (nSPS) is 11.6. The number of hydrogen-bond donors (Lipinski definition) is 2. The van der Waals surface area contributed by atoms with Gasteiger partial charge in [0, 0.05) is 6.20 Å². The summed E-state index contributed by atoms with van der Waals surface area (Å²) in [5.41, 5.74) is -0.812. The number of hydrogen-bond acceptors (Lipinski definition) is 5. The van der Waals surface area contributed by atoms with Crippen LogP contribution in [0.4, 0.5) is 19.0 Å². The summed E-state index contributed by atoms with van der Waals surface area (Å²) in [6, 6.07) is 5.97. The van der Waals surface area contributed by atoms with Crippen molar-refractivity contribution in [3.05, 3.63) is 47.2 Å². The predicted octanol–water partition coefficient (Wildman–Crippen LogP) is 3.56. The fourth-order valence-electron chi connectivity index (χ4n) is 1.83. The van der Waals surface area contributed by atoms with Crippen LogP contribution in [0.5, 0.6) is 0 Å². The number of aromatic nitrogens is 4. The van der Waals surface area contributed by atoms with Crippen molar-refractivity contribution in [1.82, 2.24) is 20.2 Å². The number of nitrogens with zero attached hydrogens (tertiary/aromatic N) is 3. The highest BCUT2D eigenvalue weighted by molar-refractivity contribution is 7.13. The van der Waals surface area contributed by atoms with Crippen molar-refractivity contribution in [1.29, 1.82) is 0 Å². The molecule has 22 heavy (non-hydrogen) atoms. The molecule has 0 amide bonds. The molecular formula is C13H10F3N5S. The van der Waals surface area contributed by atoms with Gasteiger partial charge in [-0.05, 0) is 23.6 Å². The maximum Gasteiger partial charge on any atom is 0.419 e. The fraction of sp³-hybridized carbons (Fsp3) is 0.154. The van der Waals surface area contributed by atoms with Crippen molar-refractivity contribution in [2.45, 2.75) is 12.7 Å². The number of H-pyrrole nitrogens is 1. The second-order valence-electron chi connectivity index (χ2n) is 4.33. The molecule has 3 aromatic rings. The van der Waals surface area contributed by atoms with Gasteiger partial charge in [-0.15, -0.1) is 11.3 Å². The Balaban J connectivity index is 1.74. The van der Waals surface area contributed by atoms with Crippen LogP contribution in [0.15, 0.2) is 35.8 Å². The van der Waals surface area contributed by atoms with Gasteiger partial charge in [0.15, 0.2) is 5.82 Å². The van der Waals surface area contributed by atoms with Crippen LogP contribution in [-0.4, -0.2) is 20.2 Å². The van der Waals surface area contributed by atoms with Gasteiger partial charge in [-0.3, -0.25) is 5.10 Å². The summed E-state index contributed by atoms with van der Waals surface area (Å²) in [6.07, 6.45) is -3.16. The van der Waals surface area contributed by atoms with Gasteiger partial charge in [-0.1, -0.05) is 6.07 Å². The molecule has 3 heterocycles. The van der Waals surface area contributed by atoms with E-state index < -0.39 is 11.7 Å². The largest absolute Gasteiger partial charge is 0.419 e. The van der Waals surface area contributed by atoms with Crippen molar-refractivity contribution in [3.63, 3.8) is 0 Å². The quantitative estimate of drug-likeness (QED) is 0.770. The van der Waals surface area contributed by atoms with E-state index in [1.807, 2.05) is 17.5 Å². The summed E-state index contributed by atoms with van der Waals surface area (Å²) in [6.45, 7) is 0.0679. The number of thiophene rings is 1. The fourth-order valence-corrected chi connectivity index (χ4v) is 2.49. The molecule has 0 atom stereocenters. The van der Waals surface area contributed by atoms with E-state index >= 15 is 0 Å². The highest BCUT2D eigenvalue weighted by Crippen LogP contribution is 2.33. The minimum absolute atomic E-state index is 0.0679. The molecule has 114 valence electrons. The second-order valence-corrected chi connectivity index (χ2v) is 5.28. The van der Waals surface area contributed by atoms with Crippen LogP contribution >= 0.6 is 11.3 Å². The van der Waals surface area contributed by atoms with E-state index in [9.17, 15) is 13.2 Å². The van der Waals surface area contributed by atoms with Crippen molar-refractivity contribution in [2.75, 3.05) is 5.32 Å². The van der Waals surface area contributed by atoms with Crippen LogP contribution in [0.2, 0.25) is 0 Å². The van der Waals surface area contributed by atoms with Gasteiger partial charge in [0.25, 0.3) is 0 Å². The SMILES string of the molecule is FC(F)(F)c1cccnc1NCc1nc(-c2cccs2)n[nH]1.